The van der Waals surface area contributed by atoms with Gasteiger partial charge in [0.25, 0.3) is 0 Å². The van der Waals surface area contributed by atoms with E-state index in [-0.39, 0.29) is 5.91 Å². The maximum absolute atomic E-state index is 12.2. The van der Waals surface area contributed by atoms with Gasteiger partial charge in [-0.1, -0.05) is 0 Å². The van der Waals surface area contributed by atoms with Crippen molar-refractivity contribution in [3.63, 3.8) is 0 Å². The minimum Gasteiger partial charge on any atom is -0.341 e. The Labute approximate surface area is 110 Å². The van der Waals surface area contributed by atoms with E-state index in [1.807, 2.05) is 13.2 Å². The number of hydrogen-bond donors (Lipinski definition) is 0. The van der Waals surface area contributed by atoms with Crippen molar-refractivity contribution < 1.29 is 4.79 Å². The number of nitrogens with zero attached hydrogens (tertiary/aromatic N) is 3. The number of amides is 1. The molecule has 2 rings (SSSR count). The van der Waals surface area contributed by atoms with E-state index in [1.54, 1.807) is 29.7 Å². The lowest BCUT2D eigenvalue weighted by Gasteiger charge is -2.21. The van der Waals surface area contributed by atoms with Gasteiger partial charge in [-0.2, -0.15) is 5.10 Å². The lowest BCUT2D eigenvalue weighted by Crippen LogP contribution is -2.34. The first-order valence-electron chi connectivity index (χ1n) is 5.37. The first-order valence-corrected chi connectivity index (χ1v) is 6.13. The minimum atomic E-state index is -0.909. The highest BCUT2D eigenvalue weighted by molar-refractivity contribution is 6.53. The highest BCUT2D eigenvalue weighted by Crippen LogP contribution is 2.64. The smallest absolute Gasteiger partial charge is 0.231 e. The molecule has 1 aliphatic carbocycles. The Bertz CT molecular complexity index is 457. The van der Waals surface area contributed by atoms with Crippen molar-refractivity contribution >= 4 is 29.1 Å². The third-order valence-electron chi connectivity index (χ3n) is 3.25. The van der Waals surface area contributed by atoms with Crippen LogP contribution in [0.15, 0.2) is 12.4 Å². The normalized spacial score (nSPS) is 25.7. The molecule has 1 amide bonds. The molecule has 1 saturated carbocycles. The second kappa shape index (κ2) is 3.89. The molecule has 1 fully saturated rings. The van der Waals surface area contributed by atoms with Crippen LogP contribution in [0.25, 0.3) is 0 Å². The molecule has 0 N–H and O–H groups in total. The SMILES string of the molecule is CN(Cc1cnn(C)c1)C(=O)[C@]1(C)CC1(Cl)Cl. The molecule has 0 aromatic carbocycles. The summed E-state index contributed by atoms with van der Waals surface area (Å²) in [4.78, 5) is 13.8. The zero-order valence-corrected chi connectivity index (χ0v) is 11.6. The summed E-state index contributed by atoms with van der Waals surface area (Å²) in [7, 11) is 3.60. The molecule has 6 heteroatoms. The van der Waals surface area contributed by atoms with Crippen molar-refractivity contribution in [1.82, 2.24) is 14.7 Å². The van der Waals surface area contributed by atoms with E-state index in [1.165, 1.54) is 0 Å². The van der Waals surface area contributed by atoms with Gasteiger partial charge in [0.05, 0.1) is 11.6 Å². The number of hydrogen-bond acceptors (Lipinski definition) is 2. The van der Waals surface area contributed by atoms with Gasteiger partial charge in [-0.15, -0.1) is 23.2 Å². The summed E-state index contributed by atoms with van der Waals surface area (Å²) in [6, 6.07) is 0. The van der Waals surface area contributed by atoms with Gasteiger partial charge in [-0.3, -0.25) is 9.48 Å². The molecule has 1 aromatic heterocycles. The fourth-order valence-electron chi connectivity index (χ4n) is 1.95. The Balaban J connectivity index is 2.02. The Morgan fingerprint density at radius 1 is 1.65 bits per heavy atom. The van der Waals surface area contributed by atoms with Crippen molar-refractivity contribution in [3.05, 3.63) is 18.0 Å². The molecule has 1 aliphatic rings. The number of carbonyl (C=O) groups excluding carboxylic acids is 1. The summed E-state index contributed by atoms with van der Waals surface area (Å²) in [5.74, 6) is -0.0219. The molecule has 1 atom stereocenters. The highest BCUT2D eigenvalue weighted by Gasteiger charge is 2.68. The molecule has 0 unspecified atom stereocenters. The summed E-state index contributed by atoms with van der Waals surface area (Å²) in [6.07, 6.45) is 4.14. The Hall–Kier alpha value is -0.740. The maximum Gasteiger partial charge on any atom is 0.231 e. The molecule has 0 saturated heterocycles. The van der Waals surface area contributed by atoms with E-state index in [2.05, 4.69) is 5.10 Å². The van der Waals surface area contributed by atoms with Gasteiger partial charge in [0, 0.05) is 32.4 Å². The molecule has 94 valence electrons. The van der Waals surface area contributed by atoms with Crippen LogP contribution in [0, 0.1) is 5.41 Å². The van der Waals surface area contributed by atoms with Gasteiger partial charge >= 0.3 is 0 Å². The van der Waals surface area contributed by atoms with E-state index in [0.29, 0.717) is 13.0 Å². The van der Waals surface area contributed by atoms with Gasteiger partial charge in [0.2, 0.25) is 5.91 Å². The molecule has 17 heavy (non-hydrogen) atoms. The predicted octanol–water partition coefficient (Wildman–Crippen LogP) is 1.96. The number of alkyl halides is 2. The minimum absolute atomic E-state index is 0.0219. The van der Waals surface area contributed by atoms with Crippen molar-refractivity contribution in [2.24, 2.45) is 12.5 Å². The van der Waals surface area contributed by atoms with Crippen LogP contribution in [0.4, 0.5) is 0 Å². The van der Waals surface area contributed by atoms with Crippen LogP contribution >= 0.6 is 23.2 Å². The second-order valence-corrected chi connectivity index (χ2v) is 6.38. The van der Waals surface area contributed by atoms with Crippen LogP contribution in [0.3, 0.4) is 0 Å². The quantitative estimate of drug-likeness (QED) is 0.791. The van der Waals surface area contributed by atoms with Crippen LogP contribution in [0.2, 0.25) is 0 Å². The summed E-state index contributed by atoms with van der Waals surface area (Å²) < 4.78 is 0.799. The van der Waals surface area contributed by atoms with E-state index in [4.69, 9.17) is 23.2 Å². The predicted molar refractivity (Wildman–Crippen MR) is 66.8 cm³/mol. The molecule has 0 bridgehead atoms. The number of halogens is 2. The number of rotatable bonds is 3. The standard InChI is InChI=1S/C11H15Cl2N3O/c1-10(7-11(10,12)13)9(17)15(2)5-8-4-14-16(3)6-8/h4,6H,5,7H2,1-3H3/t10-/m0/s1. The Kier molecular flexibility index (Phi) is 2.91. The van der Waals surface area contributed by atoms with E-state index < -0.39 is 9.75 Å². The Morgan fingerprint density at radius 2 is 2.24 bits per heavy atom. The van der Waals surface area contributed by atoms with Gasteiger partial charge in [0.15, 0.2) is 0 Å². The first kappa shape index (κ1) is 12.7. The van der Waals surface area contributed by atoms with Crippen molar-refractivity contribution in [3.8, 4) is 0 Å². The van der Waals surface area contributed by atoms with E-state index in [9.17, 15) is 4.79 Å². The van der Waals surface area contributed by atoms with E-state index >= 15 is 0 Å². The summed E-state index contributed by atoms with van der Waals surface area (Å²) in [6.45, 7) is 2.32. The lowest BCUT2D eigenvalue weighted by molar-refractivity contribution is -0.135. The van der Waals surface area contributed by atoms with Crippen LogP contribution in [-0.2, 0) is 18.4 Å². The second-order valence-electron chi connectivity index (χ2n) is 4.90. The molecule has 1 aromatic rings. The zero-order chi connectivity index (χ0) is 12.8. The molecular weight excluding hydrogens is 261 g/mol. The molecule has 4 nitrogen and oxygen atoms in total. The number of aromatic nitrogens is 2. The number of carbonyl (C=O) groups is 1. The van der Waals surface area contributed by atoms with Crippen LogP contribution in [0.1, 0.15) is 18.9 Å². The molecule has 1 heterocycles. The van der Waals surface area contributed by atoms with Gasteiger partial charge in [0.1, 0.15) is 4.33 Å². The third kappa shape index (κ3) is 2.16. The van der Waals surface area contributed by atoms with Gasteiger partial charge in [-0.25, -0.2) is 0 Å². The summed E-state index contributed by atoms with van der Waals surface area (Å²) in [5.41, 5.74) is 0.343. The van der Waals surface area contributed by atoms with Crippen molar-refractivity contribution in [2.45, 2.75) is 24.2 Å². The van der Waals surface area contributed by atoms with Crippen molar-refractivity contribution in [1.29, 1.82) is 0 Å². The molecule has 0 aliphatic heterocycles. The fraction of sp³-hybridized carbons (Fsp3) is 0.636. The highest BCUT2D eigenvalue weighted by atomic mass is 35.5. The molecule has 0 radical (unpaired) electrons. The topological polar surface area (TPSA) is 38.1 Å². The Morgan fingerprint density at radius 3 is 2.65 bits per heavy atom. The number of aryl methyl sites for hydroxylation is 1. The average molecular weight is 276 g/mol. The summed E-state index contributed by atoms with van der Waals surface area (Å²) >= 11 is 12.0. The van der Waals surface area contributed by atoms with Gasteiger partial charge in [-0.05, 0) is 13.3 Å². The van der Waals surface area contributed by atoms with E-state index in [0.717, 1.165) is 5.56 Å². The van der Waals surface area contributed by atoms with Gasteiger partial charge < -0.3 is 4.90 Å². The first-order chi connectivity index (χ1) is 7.76. The van der Waals surface area contributed by atoms with Crippen LogP contribution < -0.4 is 0 Å². The van der Waals surface area contributed by atoms with Crippen LogP contribution in [0.5, 0.6) is 0 Å². The van der Waals surface area contributed by atoms with Crippen molar-refractivity contribution in [2.75, 3.05) is 7.05 Å². The monoisotopic (exact) mass is 275 g/mol. The zero-order valence-electron chi connectivity index (χ0n) is 10.1. The third-order valence-corrected chi connectivity index (χ3v) is 4.36. The lowest BCUT2D eigenvalue weighted by atomic mass is 10.1. The maximum atomic E-state index is 12.2. The fourth-order valence-corrected chi connectivity index (χ4v) is 2.65. The molecule has 0 spiro atoms. The largest absolute Gasteiger partial charge is 0.341 e. The average Bonchev–Trinajstić information content (AvgIpc) is 2.58. The van der Waals surface area contributed by atoms with Crippen LogP contribution in [-0.4, -0.2) is 32.0 Å². The molecular formula is C11H15Cl2N3O. The summed E-state index contributed by atoms with van der Waals surface area (Å²) in [5, 5.41) is 4.06.